The highest BCUT2D eigenvalue weighted by molar-refractivity contribution is 7.80. The first kappa shape index (κ1) is 18.0. The number of hydrazone groups is 1. The van der Waals surface area contributed by atoms with Crippen LogP contribution in [0.15, 0.2) is 66.3 Å². The van der Waals surface area contributed by atoms with E-state index in [4.69, 9.17) is 28.6 Å². The molecule has 0 saturated heterocycles. The van der Waals surface area contributed by atoms with E-state index in [9.17, 15) is 0 Å². The van der Waals surface area contributed by atoms with Gasteiger partial charge in [-0.25, -0.2) is 0 Å². The van der Waals surface area contributed by atoms with E-state index in [1.165, 1.54) is 0 Å². The van der Waals surface area contributed by atoms with Gasteiger partial charge >= 0.3 is 0 Å². The normalized spacial score (nSPS) is 10.4. The van der Waals surface area contributed by atoms with Crippen LogP contribution in [0.3, 0.4) is 0 Å². The zero-order valence-electron chi connectivity index (χ0n) is 13.0. The molecule has 0 bridgehead atoms. The first-order valence-corrected chi connectivity index (χ1v) is 8.11. The van der Waals surface area contributed by atoms with E-state index in [1.807, 2.05) is 48.5 Å². The molecule has 0 fully saturated rings. The van der Waals surface area contributed by atoms with E-state index in [1.54, 1.807) is 12.3 Å². The van der Waals surface area contributed by atoms with Gasteiger partial charge in [-0.1, -0.05) is 41.9 Å². The van der Waals surface area contributed by atoms with Crippen molar-refractivity contribution in [1.29, 1.82) is 0 Å². The molecular weight excluding hydrogens is 342 g/mol. The molecule has 0 amide bonds. The van der Waals surface area contributed by atoms with E-state index in [0.717, 1.165) is 16.9 Å². The second kappa shape index (κ2) is 9.70. The summed E-state index contributed by atoms with van der Waals surface area (Å²) >= 11 is 11.1. The fourth-order valence-corrected chi connectivity index (χ4v) is 2.22. The maximum Gasteiger partial charge on any atom is 0.187 e. The third kappa shape index (κ3) is 6.02. The molecule has 4 nitrogen and oxygen atoms in total. The maximum absolute atomic E-state index is 5.98. The Morgan fingerprint density at radius 2 is 2.08 bits per heavy atom. The number of nitrogens with one attached hydrogen (secondary N) is 2. The van der Waals surface area contributed by atoms with Crippen molar-refractivity contribution in [3.8, 4) is 5.75 Å². The van der Waals surface area contributed by atoms with Crippen molar-refractivity contribution in [2.24, 2.45) is 5.10 Å². The molecule has 6 heteroatoms. The highest BCUT2D eigenvalue weighted by Crippen LogP contribution is 2.18. The highest BCUT2D eigenvalue weighted by Gasteiger charge is 2.02. The van der Waals surface area contributed by atoms with Crippen LogP contribution >= 0.6 is 23.8 Å². The number of benzene rings is 2. The van der Waals surface area contributed by atoms with Gasteiger partial charge in [-0.15, -0.1) is 6.58 Å². The van der Waals surface area contributed by atoms with Crippen molar-refractivity contribution in [3.63, 3.8) is 0 Å². The van der Waals surface area contributed by atoms with Crippen LogP contribution in [-0.4, -0.2) is 17.9 Å². The molecule has 0 aromatic heterocycles. The van der Waals surface area contributed by atoms with Gasteiger partial charge in [0, 0.05) is 17.1 Å². The summed E-state index contributed by atoms with van der Waals surface area (Å²) in [6, 6.07) is 15.2. The number of rotatable bonds is 7. The van der Waals surface area contributed by atoms with Gasteiger partial charge in [-0.3, -0.25) is 5.43 Å². The van der Waals surface area contributed by atoms with Crippen LogP contribution in [0.25, 0.3) is 0 Å². The molecule has 0 aliphatic heterocycles. The van der Waals surface area contributed by atoms with Crippen LogP contribution in [0.4, 0.5) is 0 Å². The van der Waals surface area contributed by atoms with E-state index >= 15 is 0 Å². The van der Waals surface area contributed by atoms with E-state index in [2.05, 4.69) is 22.4 Å². The molecule has 0 atom stereocenters. The van der Waals surface area contributed by atoms with Gasteiger partial charge in [0.05, 0.1) is 6.21 Å². The van der Waals surface area contributed by atoms with Gasteiger partial charge in [0.25, 0.3) is 0 Å². The van der Waals surface area contributed by atoms with Gasteiger partial charge < -0.3 is 10.1 Å². The van der Waals surface area contributed by atoms with Crippen molar-refractivity contribution < 1.29 is 4.74 Å². The minimum Gasteiger partial charge on any atom is -0.488 e. The summed E-state index contributed by atoms with van der Waals surface area (Å²) in [7, 11) is 0. The van der Waals surface area contributed by atoms with Crippen molar-refractivity contribution in [2.75, 3.05) is 6.54 Å². The van der Waals surface area contributed by atoms with Crippen LogP contribution in [-0.2, 0) is 6.61 Å². The Hall–Kier alpha value is -2.37. The average molecular weight is 360 g/mol. The largest absolute Gasteiger partial charge is 0.488 e. The minimum absolute atomic E-state index is 0.429. The standard InChI is InChI=1S/C18H18ClN3OS/c1-2-10-20-18(24)22-21-12-15-7-3-4-9-17(15)23-13-14-6-5-8-16(19)11-14/h2-9,11-12H,1,10,13H2,(H2,20,22,24)/b21-12+. The van der Waals surface area contributed by atoms with E-state index < -0.39 is 0 Å². The molecule has 0 unspecified atom stereocenters. The third-order valence-corrected chi connectivity index (χ3v) is 3.45. The number of halogens is 1. The molecule has 0 radical (unpaired) electrons. The summed E-state index contributed by atoms with van der Waals surface area (Å²) in [5, 5.41) is 8.16. The minimum atomic E-state index is 0.429. The molecule has 2 rings (SSSR count). The predicted molar refractivity (Wildman–Crippen MR) is 104 cm³/mol. The molecular formula is C18H18ClN3OS. The topological polar surface area (TPSA) is 45.7 Å². The van der Waals surface area contributed by atoms with Crippen molar-refractivity contribution >= 4 is 35.1 Å². The monoisotopic (exact) mass is 359 g/mol. The summed E-state index contributed by atoms with van der Waals surface area (Å²) in [5.41, 5.74) is 4.59. The summed E-state index contributed by atoms with van der Waals surface area (Å²) in [6.45, 7) is 4.62. The maximum atomic E-state index is 5.98. The number of thiocarbonyl (C=S) groups is 1. The molecule has 0 saturated carbocycles. The Labute approximate surface area is 152 Å². The van der Waals surface area contributed by atoms with Gasteiger partial charge in [0.2, 0.25) is 0 Å². The molecule has 0 spiro atoms. The Bertz CT molecular complexity index is 734. The van der Waals surface area contributed by atoms with Crippen molar-refractivity contribution in [1.82, 2.24) is 10.7 Å². The number of nitrogens with zero attached hydrogens (tertiary/aromatic N) is 1. The van der Waals surface area contributed by atoms with E-state index in [-0.39, 0.29) is 0 Å². The smallest absolute Gasteiger partial charge is 0.187 e. The van der Waals surface area contributed by atoms with Crippen LogP contribution in [0.5, 0.6) is 5.75 Å². The second-order valence-corrected chi connectivity index (χ2v) is 5.67. The Morgan fingerprint density at radius 3 is 2.88 bits per heavy atom. The molecule has 0 aliphatic rings. The summed E-state index contributed by atoms with van der Waals surface area (Å²) in [4.78, 5) is 0. The van der Waals surface area contributed by atoms with Crippen LogP contribution < -0.4 is 15.5 Å². The van der Waals surface area contributed by atoms with Crippen molar-refractivity contribution in [2.45, 2.75) is 6.61 Å². The van der Waals surface area contributed by atoms with Crippen LogP contribution in [0.1, 0.15) is 11.1 Å². The summed E-state index contributed by atoms with van der Waals surface area (Å²) in [5.74, 6) is 0.730. The van der Waals surface area contributed by atoms with Gasteiger partial charge in [-0.2, -0.15) is 5.10 Å². The SMILES string of the molecule is C=CCNC(=S)N/N=C/c1ccccc1OCc1cccc(Cl)c1. The lowest BCUT2D eigenvalue weighted by Gasteiger charge is -2.09. The number of ether oxygens (including phenoxy) is 1. The Morgan fingerprint density at radius 1 is 1.25 bits per heavy atom. The first-order chi connectivity index (χ1) is 11.7. The lowest BCUT2D eigenvalue weighted by molar-refractivity contribution is 0.306. The summed E-state index contributed by atoms with van der Waals surface area (Å²) in [6.07, 6.45) is 3.38. The quantitative estimate of drug-likeness (QED) is 0.340. The fourth-order valence-electron chi connectivity index (χ4n) is 1.87. The number of hydrogen-bond donors (Lipinski definition) is 2. The molecule has 0 aliphatic carbocycles. The van der Waals surface area contributed by atoms with Gasteiger partial charge in [0.15, 0.2) is 5.11 Å². The average Bonchev–Trinajstić information content (AvgIpc) is 2.59. The first-order valence-electron chi connectivity index (χ1n) is 7.33. The van der Waals surface area contributed by atoms with E-state index in [0.29, 0.717) is 23.3 Å². The van der Waals surface area contributed by atoms with Crippen LogP contribution in [0.2, 0.25) is 5.02 Å². The third-order valence-electron chi connectivity index (χ3n) is 2.98. The second-order valence-electron chi connectivity index (χ2n) is 4.83. The highest BCUT2D eigenvalue weighted by atomic mass is 35.5. The lowest BCUT2D eigenvalue weighted by Crippen LogP contribution is -2.31. The molecule has 0 heterocycles. The summed E-state index contributed by atoms with van der Waals surface area (Å²) < 4.78 is 5.86. The predicted octanol–water partition coefficient (Wildman–Crippen LogP) is 3.90. The fraction of sp³-hybridized carbons (Fsp3) is 0.111. The molecule has 124 valence electrons. The Kier molecular flexibility index (Phi) is 7.26. The van der Waals surface area contributed by atoms with Gasteiger partial charge in [0.1, 0.15) is 12.4 Å². The number of hydrogen-bond acceptors (Lipinski definition) is 3. The van der Waals surface area contributed by atoms with Gasteiger partial charge in [-0.05, 0) is 42.0 Å². The zero-order valence-corrected chi connectivity index (χ0v) is 14.6. The number of para-hydroxylation sites is 1. The Balaban J connectivity index is 1.96. The molecule has 24 heavy (non-hydrogen) atoms. The lowest BCUT2D eigenvalue weighted by atomic mass is 10.2. The molecule has 2 N–H and O–H groups in total. The molecule has 2 aromatic rings. The zero-order chi connectivity index (χ0) is 17.2. The van der Waals surface area contributed by atoms with Crippen LogP contribution in [0, 0.1) is 0 Å². The van der Waals surface area contributed by atoms with Crippen molar-refractivity contribution in [3.05, 3.63) is 77.3 Å². The molecule has 2 aromatic carbocycles.